The van der Waals surface area contributed by atoms with Crippen LogP contribution in [0.4, 0.5) is 0 Å². The molecule has 0 saturated heterocycles. The zero-order valence-electron chi connectivity index (χ0n) is 9.00. The van der Waals surface area contributed by atoms with Gasteiger partial charge in [-0.05, 0) is 0 Å². The SMILES string of the molecule is C[CH-]C.O=C(O)CC(=O)O.[H-].[K+].[Li+]. The van der Waals surface area contributed by atoms with E-state index in [1.807, 2.05) is 20.3 Å². The molecule has 6 heteroatoms. The smallest absolute Gasteiger partial charge is 1.00 e. The minimum absolute atomic E-state index is 0. The third-order valence-corrected chi connectivity index (χ3v) is 0.302. The van der Waals surface area contributed by atoms with Crippen molar-refractivity contribution in [3.63, 3.8) is 0 Å². The van der Waals surface area contributed by atoms with Gasteiger partial charge in [0.15, 0.2) is 0 Å². The fraction of sp³-hybridized carbons (Fsp3) is 0.500. The minimum atomic E-state index is -1.31. The summed E-state index contributed by atoms with van der Waals surface area (Å²) in [7, 11) is 0. The molecule has 0 aliphatic carbocycles. The van der Waals surface area contributed by atoms with Crippen LogP contribution in [0.15, 0.2) is 0 Å². The maximum absolute atomic E-state index is 9.43. The van der Waals surface area contributed by atoms with Gasteiger partial charge in [-0.25, -0.2) is 0 Å². The predicted octanol–water partition coefficient (Wildman–Crippen LogP) is -5.10. The molecule has 0 bridgehead atoms. The van der Waals surface area contributed by atoms with Crippen molar-refractivity contribution >= 4 is 11.9 Å². The van der Waals surface area contributed by atoms with E-state index in [2.05, 4.69) is 0 Å². The summed E-state index contributed by atoms with van der Waals surface area (Å²) in [6.07, 6.45) is 1.19. The first kappa shape index (κ1) is 23.2. The van der Waals surface area contributed by atoms with Gasteiger partial charge in [0.1, 0.15) is 6.42 Å². The van der Waals surface area contributed by atoms with Crippen molar-refractivity contribution < 1.29 is 91.5 Å². The first-order chi connectivity index (χ1) is 4.54. The zero-order valence-corrected chi connectivity index (χ0v) is 11.1. The van der Waals surface area contributed by atoms with Crippen molar-refractivity contribution in [2.24, 2.45) is 0 Å². The van der Waals surface area contributed by atoms with Crippen molar-refractivity contribution in [2.75, 3.05) is 0 Å². The van der Waals surface area contributed by atoms with Crippen molar-refractivity contribution in [1.82, 2.24) is 0 Å². The van der Waals surface area contributed by atoms with Gasteiger partial charge in [-0.3, -0.25) is 9.59 Å². The average molecular weight is 194 g/mol. The second-order valence-electron chi connectivity index (χ2n) is 1.54. The van der Waals surface area contributed by atoms with Gasteiger partial charge >= 0.3 is 82.2 Å². The maximum atomic E-state index is 9.43. The van der Waals surface area contributed by atoms with E-state index in [0.717, 1.165) is 0 Å². The molecule has 0 spiro atoms. The van der Waals surface area contributed by atoms with Gasteiger partial charge in [0.25, 0.3) is 0 Å². The summed E-state index contributed by atoms with van der Waals surface area (Å²) in [5.74, 6) is -2.62. The number of carboxylic acids is 2. The van der Waals surface area contributed by atoms with E-state index in [0.29, 0.717) is 0 Å². The van der Waals surface area contributed by atoms with Gasteiger partial charge < -0.3 is 18.1 Å². The van der Waals surface area contributed by atoms with E-state index in [9.17, 15) is 9.59 Å². The van der Waals surface area contributed by atoms with Gasteiger partial charge in [-0.1, -0.05) is 0 Å². The normalized spacial score (nSPS) is 6.17. The molecule has 0 aliphatic rings. The Morgan fingerprint density at radius 2 is 1.42 bits per heavy atom. The van der Waals surface area contributed by atoms with Gasteiger partial charge in [0.2, 0.25) is 0 Å². The molecule has 0 amide bonds. The van der Waals surface area contributed by atoms with Crippen LogP contribution in [-0.2, 0) is 9.59 Å². The Bertz CT molecular complexity index is 111. The monoisotopic (exact) mass is 194 g/mol. The molecule has 12 heavy (non-hydrogen) atoms. The quantitative estimate of drug-likeness (QED) is 0.262. The van der Waals surface area contributed by atoms with Gasteiger partial charge in [0.05, 0.1) is 0 Å². The summed E-state index contributed by atoms with van der Waals surface area (Å²) in [5, 5.41) is 15.4. The van der Waals surface area contributed by atoms with Crippen molar-refractivity contribution in [2.45, 2.75) is 20.3 Å². The molecule has 0 aromatic carbocycles. The molecule has 0 aliphatic heterocycles. The van der Waals surface area contributed by atoms with Gasteiger partial charge in [-0.2, -0.15) is 13.8 Å². The molecular formula is C6H12KLiO4. The van der Waals surface area contributed by atoms with Crippen LogP contribution < -0.4 is 70.2 Å². The van der Waals surface area contributed by atoms with E-state index in [4.69, 9.17) is 10.2 Å². The predicted molar refractivity (Wildman–Crippen MR) is 36.6 cm³/mol. The van der Waals surface area contributed by atoms with Crippen LogP contribution in [0, 0.1) is 6.42 Å². The van der Waals surface area contributed by atoms with Crippen LogP contribution in [0.25, 0.3) is 0 Å². The Labute approximate surface area is 128 Å². The first-order valence-corrected chi connectivity index (χ1v) is 2.72. The molecule has 2 N–H and O–H groups in total. The van der Waals surface area contributed by atoms with Crippen molar-refractivity contribution in [1.29, 1.82) is 0 Å². The molecule has 0 heterocycles. The Kier molecular flexibility index (Phi) is 34.9. The zero-order chi connectivity index (χ0) is 8.57. The fourth-order valence-corrected chi connectivity index (χ4v) is 0.129. The summed E-state index contributed by atoms with van der Waals surface area (Å²) >= 11 is 0. The number of hydrogen-bond donors (Lipinski definition) is 2. The van der Waals surface area contributed by atoms with Crippen LogP contribution in [0.3, 0.4) is 0 Å². The minimum Gasteiger partial charge on any atom is -1.00 e. The second kappa shape index (κ2) is 18.1. The topological polar surface area (TPSA) is 74.6 Å². The fourth-order valence-electron chi connectivity index (χ4n) is 0.129. The molecule has 0 aromatic heterocycles. The Balaban J connectivity index is -0.0000000320. The molecule has 0 atom stereocenters. The molecule has 62 valence electrons. The number of hydrogen-bond acceptors (Lipinski definition) is 2. The third-order valence-electron chi connectivity index (χ3n) is 0.302. The number of carbonyl (C=O) groups is 2. The van der Waals surface area contributed by atoms with E-state index in [1.165, 1.54) is 0 Å². The van der Waals surface area contributed by atoms with Crippen LogP contribution >= 0.6 is 0 Å². The average Bonchev–Trinajstić information content (AvgIpc) is 1.62. The summed E-state index contributed by atoms with van der Waals surface area (Å²) in [5.41, 5.74) is 0. The van der Waals surface area contributed by atoms with Crippen LogP contribution in [0.1, 0.15) is 21.7 Å². The standard InChI is InChI=1S/C3H4O4.C3H7.K.Li.H/c4-2(5)1-3(6)7;1-3-2;;;/h1H2,(H,4,5)(H,6,7);3H,1-2H3;;;/q;-1;2*+1;-1. The number of carboxylic acid groups (broad SMARTS) is 2. The summed E-state index contributed by atoms with van der Waals surface area (Å²) in [4.78, 5) is 18.9. The molecule has 0 aromatic rings. The number of aliphatic carboxylic acids is 2. The Morgan fingerprint density at radius 3 is 1.42 bits per heavy atom. The molecule has 0 saturated carbocycles. The molecule has 0 fully saturated rings. The van der Waals surface area contributed by atoms with Crippen LogP contribution in [0.2, 0.25) is 0 Å². The molecule has 0 rings (SSSR count). The largest absolute Gasteiger partial charge is 1.00 e. The van der Waals surface area contributed by atoms with Crippen molar-refractivity contribution in [3.05, 3.63) is 6.42 Å². The molecule has 4 nitrogen and oxygen atoms in total. The van der Waals surface area contributed by atoms with E-state index < -0.39 is 18.4 Å². The summed E-state index contributed by atoms with van der Waals surface area (Å²) < 4.78 is 0. The van der Waals surface area contributed by atoms with E-state index >= 15 is 0 Å². The van der Waals surface area contributed by atoms with Crippen LogP contribution in [0.5, 0.6) is 0 Å². The first-order valence-electron chi connectivity index (χ1n) is 2.72. The van der Waals surface area contributed by atoms with Crippen molar-refractivity contribution in [3.8, 4) is 0 Å². The maximum Gasteiger partial charge on any atom is 1.00 e. The van der Waals surface area contributed by atoms with Gasteiger partial charge in [-0.15, -0.1) is 0 Å². The Hall–Kier alpha value is 1.17. The summed E-state index contributed by atoms with van der Waals surface area (Å²) in [6, 6.07) is 0. The number of rotatable bonds is 2. The van der Waals surface area contributed by atoms with E-state index in [1.54, 1.807) is 0 Å². The third kappa shape index (κ3) is 43.2. The second-order valence-corrected chi connectivity index (χ2v) is 1.54. The van der Waals surface area contributed by atoms with Gasteiger partial charge in [0, 0.05) is 0 Å². The molecular weight excluding hydrogens is 182 g/mol. The molecule has 0 radical (unpaired) electrons. The van der Waals surface area contributed by atoms with Crippen LogP contribution in [-0.4, -0.2) is 22.2 Å². The van der Waals surface area contributed by atoms with E-state index in [-0.39, 0.29) is 71.7 Å². The molecule has 0 unspecified atom stereocenters. The summed E-state index contributed by atoms with van der Waals surface area (Å²) in [6.45, 7) is 4.00. The Morgan fingerprint density at radius 1 is 1.25 bits per heavy atom.